The van der Waals surface area contributed by atoms with Crippen molar-refractivity contribution in [3.63, 3.8) is 0 Å². The summed E-state index contributed by atoms with van der Waals surface area (Å²) in [5.74, 6) is 1.88. The Labute approximate surface area is 409 Å². The Bertz CT molecular complexity index is 1180. The molecule has 8 rings (SSSR count). The van der Waals surface area contributed by atoms with Gasteiger partial charge in [0.1, 0.15) is 12.3 Å². The predicted octanol–water partition coefficient (Wildman–Crippen LogP) is 11.3. The summed E-state index contributed by atoms with van der Waals surface area (Å²) >= 11 is 0. The number of aliphatic imine (C=N–C) groups is 4. The molecule has 0 spiro atoms. The number of aliphatic hydroxyl groups is 4. The summed E-state index contributed by atoms with van der Waals surface area (Å²) in [6.45, 7) is 3.11. The van der Waals surface area contributed by atoms with Crippen molar-refractivity contribution in [2.75, 3.05) is 19.6 Å². The molecule has 8 aliphatic rings. The van der Waals surface area contributed by atoms with Crippen LogP contribution in [0.15, 0.2) is 44.4 Å². The summed E-state index contributed by atoms with van der Waals surface area (Å²) in [7, 11) is 0. The Hall–Kier alpha value is -1.23. The number of allylic oxidation sites excluding steroid dienone is 2. The van der Waals surface area contributed by atoms with Crippen LogP contribution in [0.2, 0.25) is 0 Å². The van der Waals surface area contributed by atoms with E-state index in [1.165, 1.54) is 109 Å². The quantitative estimate of drug-likeness (QED) is 0.161. The number of rotatable bonds is 10. The molecule has 64 heavy (non-hydrogen) atoms. The zero-order valence-corrected chi connectivity index (χ0v) is 41.4. The second-order valence-corrected chi connectivity index (χ2v) is 19.7. The van der Waals surface area contributed by atoms with Gasteiger partial charge in [0.2, 0.25) is 0 Å². The van der Waals surface area contributed by atoms with Crippen LogP contribution < -0.4 is 0 Å². The van der Waals surface area contributed by atoms with Crippen LogP contribution in [0, 0.1) is 35.5 Å². The standard InChI is InChI=1S/2C21H36N2O2.C5H10N.C5H6N.2Co/c2*24-19-12-6-4-10-17(19)14-22-21(16-8-2-1-3-9-16)23-15-18-11-5-7-13-20(18)25;2*1-2-4-6-5-3-1;;/h2*14-21,24-25H,1-13H2;1-5H2;1-4H,5H2;;/q;;2*-1;;+2. The van der Waals surface area contributed by atoms with Crippen molar-refractivity contribution in [3.05, 3.63) is 35.1 Å². The van der Waals surface area contributed by atoms with Crippen LogP contribution in [0.25, 0.3) is 10.6 Å². The summed E-state index contributed by atoms with van der Waals surface area (Å²) in [6.07, 6.45) is 48.7. The Morgan fingerprint density at radius 2 is 0.719 bits per heavy atom. The van der Waals surface area contributed by atoms with E-state index in [1.807, 2.05) is 43.1 Å². The SMILES string of the molecule is C1=CC[N-]C=C1.C1CC[N-]CC1.OC1CCCCC1C=NC(N=CC1CCCCC1O)C1CCCCC1.OC1CCCCC1C=NC(N=CC1CCCCC1O)C1CCCCC1.[Co+2].[Co]. The maximum Gasteiger partial charge on any atom is 2.00 e. The summed E-state index contributed by atoms with van der Waals surface area (Å²) in [4.78, 5) is 19.5. The van der Waals surface area contributed by atoms with Gasteiger partial charge in [-0.2, -0.15) is 6.20 Å². The van der Waals surface area contributed by atoms with Crippen molar-refractivity contribution < 1.29 is 54.0 Å². The Morgan fingerprint density at radius 1 is 0.406 bits per heavy atom. The number of aliphatic hydroxyl groups excluding tert-OH is 4. The Balaban J connectivity index is 0.000000263. The van der Waals surface area contributed by atoms with Gasteiger partial charge in [-0.05, 0) is 77.0 Å². The number of piperidine rings is 1. The van der Waals surface area contributed by atoms with E-state index >= 15 is 0 Å². The first-order valence-electron chi connectivity index (χ1n) is 25.9. The average Bonchev–Trinajstić information content (AvgIpc) is 3.33. The topological polar surface area (TPSA) is 159 Å². The molecular formula is C52H88Co2N6O4. The minimum Gasteiger partial charge on any atom is -0.687 e. The van der Waals surface area contributed by atoms with E-state index in [1.54, 1.807) is 6.20 Å². The van der Waals surface area contributed by atoms with Crippen molar-refractivity contribution in [1.82, 2.24) is 0 Å². The van der Waals surface area contributed by atoms with E-state index in [0.29, 0.717) is 11.8 Å². The van der Waals surface area contributed by atoms with Crippen molar-refractivity contribution in [2.24, 2.45) is 55.5 Å². The predicted molar refractivity (Wildman–Crippen MR) is 260 cm³/mol. The molecule has 2 heterocycles. The van der Waals surface area contributed by atoms with Crippen LogP contribution in [0.3, 0.4) is 0 Å². The maximum absolute atomic E-state index is 10.2. The van der Waals surface area contributed by atoms with Gasteiger partial charge in [-0.25, -0.2) is 0 Å². The second kappa shape index (κ2) is 35.0. The smallest absolute Gasteiger partial charge is 0.687 e. The fraction of sp³-hybridized carbons (Fsp3) is 0.846. The molecule has 1 saturated heterocycles. The number of hydrogen-bond acceptors (Lipinski definition) is 8. The van der Waals surface area contributed by atoms with Gasteiger partial charge in [-0.3, -0.25) is 20.0 Å². The first kappa shape index (κ1) is 57.1. The molecule has 6 aliphatic carbocycles. The van der Waals surface area contributed by atoms with Crippen molar-refractivity contribution >= 4 is 24.9 Å². The summed E-state index contributed by atoms with van der Waals surface area (Å²) in [6, 6.07) is 0. The Kier molecular flexibility index (Phi) is 31.2. The molecule has 4 N–H and O–H groups in total. The van der Waals surface area contributed by atoms with Crippen LogP contribution in [-0.2, 0) is 33.6 Å². The molecule has 0 aromatic carbocycles. The zero-order chi connectivity index (χ0) is 43.5. The van der Waals surface area contributed by atoms with E-state index in [9.17, 15) is 20.4 Å². The van der Waals surface area contributed by atoms with Crippen LogP contribution in [-0.4, -0.2) is 102 Å². The fourth-order valence-corrected chi connectivity index (χ4v) is 10.6. The number of nitrogens with zero attached hydrogens (tertiary/aromatic N) is 6. The van der Waals surface area contributed by atoms with E-state index in [2.05, 4.69) is 10.6 Å². The van der Waals surface area contributed by atoms with Gasteiger partial charge < -0.3 is 31.1 Å². The van der Waals surface area contributed by atoms with Gasteiger partial charge in [0.15, 0.2) is 0 Å². The van der Waals surface area contributed by atoms with E-state index in [4.69, 9.17) is 20.0 Å². The summed E-state index contributed by atoms with van der Waals surface area (Å²) in [5, 5.41) is 48.9. The molecule has 0 bridgehead atoms. The van der Waals surface area contributed by atoms with Gasteiger partial charge in [0.25, 0.3) is 0 Å². The normalized spacial score (nSPS) is 32.7. The molecule has 2 aliphatic heterocycles. The van der Waals surface area contributed by atoms with Crippen molar-refractivity contribution in [1.29, 1.82) is 0 Å². The first-order valence-corrected chi connectivity index (χ1v) is 25.9. The fourth-order valence-electron chi connectivity index (χ4n) is 10.6. The van der Waals surface area contributed by atoms with E-state index in [-0.39, 0.29) is 94.0 Å². The first-order chi connectivity index (χ1) is 30.5. The van der Waals surface area contributed by atoms with Crippen LogP contribution >= 0.6 is 0 Å². The molecule has 2 radical (unpaired) electrons. The zero-order valence-electron chi connectivity index (χ0n) is 39.3. The third-order valence-corrected chi connectivity index (χ3v) is 14.8. The third-order valence-electron chi connectivity index (χ3n) is 14.8. The van der Waals surface area contributed by atoms with Crippen molar-refractivity contribution in [2.45, 2.75) is 223 Å². The molecule has 12 heteroatoms. The largest absolute Gasteiger partial charge is 2.00 e. The maximum atomic E-state index is 10.2. The second-order valence-electron chi connectivity index (χ2n) is 19.7. The molecule has 10 nitrogen and oxygen atoms in total. The van der Waals surface area contributed by atoms with E-state index < -0.39 is 0 Å². The monoisotopic (exact) mass is 979 g/mol. The summed E-state index contributed by atoms with van der Waals surface area (Å²) in [5.41, 5.74) is 0. The van der Waals surface area contributed by atoms with Crippen LogP contribution in [0.1, 0.15) is 186 Å². The van der Waals surface area contributed by atoms with Gasteiger partial charge in [-0.1, -0.05) is 121 Å². The van der Waals surface area contributed by atoms with Crippen LogP contribution in [0.5, 0.6) is 0 Å². The minimum absolute atomic E-state index is 0. The van der Waals surface area contributed by atoms with Gasteiger partial charge >= 0.3 is 16.8 Å². The van der Waals surface area contributed by atoms with E-state index in [0.717, 1.165) is 96.7 Å². The molecule has 7 fully saturated rings. The minimum atomic E-state index is -0.228. The molecule has 8 unspecified atom stereocenters. The van der Waals surface area contributed by atoms with Crippen LogP contribution in [0.4, 0.5) is 0 Å². The molecule has 6 saturated carbocycles. The Morgan fingerprint density at radius 3 is 0.938 bits per heavy atom. The van der Waals surface area contributed by atoms with Crippen molar-refractivity contribution in [3.8, 4) is 0 Å². The summed E-state index contributed by atoms with van der Waals surface area (Å²) < 4.78 is 0. The van der Waals surface area contributed by atoms with Gasteiger partial charge in [0, 0.05) is 77.1 Å². The molecule has 0 aromatic rings. The molecular weight excluding hydrogens is 890 g/mol. The molecule has 0 aromatic heterocycles. The molecule has 0 amide bonds. The molecule has 368 valence electrons. The number of hydrogen-bond donors (Lipinski definition) is 4. The molecule has 8 atom stereocenters. The average molecular weight is 979 g/mol. The van der Waals surface area contributed by atoms with Gasteiger partial charge in [0.05, 0.1) is 24.4 Å². The third kappa shape index (κ3) is 22.3. The van der Waals surface area contributed by atoms with Gasteiger partial charge in [-0.15, -0.1) is 25.7 Å².